The van der Waals surface area contributed by atoms with Gasteiger partial charge in [0, 0.05) is 35.2 Å². The molecule has 1 aliphatic heterocycles. The van der Waals surface area contributed by atoms with Gasteiger partial charge in [0.25, 0.3) is 11.8 Å². The van der Waals surface area contributed by atoms with E-state index in [0.29, 0.717) is 22.7 Å². The van der Waals surface area contributed by atoms with Gasteiger partial charge in [0.2, 0.25) is 0 Å². The van der Waals surface area contributed by atoms with Crippen LogP contribution in [0.3, 0.4) is 0 Å². The summed E-state index contributed by atoms with van der Waals surface area (Å²) in [6.45, 7) is 3.86. The van der Waals surface area contributed by atoms with Crippen LogP contribution in [0, 0.1) is 5.92 Å². The first-order valence-electron chi connectivity index (χ1n) is 11.4. The number of likely N-dealkylation sites (tertiary alicyclic amines) is 1. The molecule has 5 rings (SSSR count). The highest BCUT2D eigenvalue weighted by Gasteiger charge is 2.23. The molecule has 3 aromatic rings. The molecule has 0 bridgehead atoms. The molecule has 2 aromatic carbocycles. The lowest BCUT2D eigenvalue weighted by Crippen LogP contribution is -2.36. The van der Waals surface area contributed by atoms with Crippen molar-refractivity contribution in [1.29, 1.82) is 0 Å². The number of amides is 2. The number of fused-ring (bicyclic) bond motifs is 3. The third-order valence-electron chi connectivity index (χ3n) is 6.75. The van der Waals surface area contributed by atoms with E-state index in [4.69, 9.17) is 0 Å². The third kappa shape index (κ3) is 3.85. The molecule has 5 heteroatoms. The highest BCUT2D eigenvalue weighted by molar-refractivity contribution is 6.10. The van der Waals surface area contributed by atoms with Crippen molar-refractivity contribution in [1.82, 2.24) is 9.88 Å². The third-order valence-corrected chi connectivity index (χ3v) is 6.75. The molecule has 1 unspecified atom stereocenters. The lowest BCUT2D eigenvalue weighted by atomic mass is 9.87. The summed E-state index contributed by atoms with van der Waals surface area (Å²) in [6.07, 6.45) is 6.58. The van der Waals surface area contributed by atoms with Gasteiger partial charge in [-0.3, -0.25) is 9.59 Å². The summed E-state index contributed by atoms with van der Waals surface area (Å²) in [5, 5.41) is 4.14. The molecule has 1 fully saturated rings. The Kier molecular flexibility index (Phi) is 5.26. The van der Waals surface area contributed by atoms with E-state index in [1.165, 1.54) is 24.1 Å². The normalized spacial score (nSPS) is 18.6. The van der Waals surface area contributed by atoms with Crippen molar-refractivity contribution in [2.24, 2.45) is 5.92 Å². The van der Waals surface area contributed by atoms with Crippen LogP contribution >= 0.6 is 0 Å². The lowest BCUT2D eigenvalue weighted by Gasteiger charge is -2.27. The Labute approximate surface area is 182 Å². The van der Waals surface area contributed by atoms with E-state index < -0.39 is 0 Å². The maximum atomic E-state index is 13.1. The first-order chi connectivity index (χ1) is 15.1. The molecule has 2 N–H and O–H groups in total. The largest absolute Gasteiger partial charge is 0.358 e. The molecular weight excluding hydrogens is 386 g/mol. The van der Waals surface area contributed by atoms with Crippen LogP contribution < -0.4 is 5.32 Å². The van der Waals surface area contributed by atoms with E-state index >= 15 is 0 Å². The number of nitrogens with zero attached hydrogens (tertiary/aromatic N) is 1. The minimum Gasteiger partial charge on any atom is -0.358 e. The van der Waals surface area contributed by atoms with E-state index in [2.05, 4.69) is 17.2 Å². The van der Waals surface area contributed by atoms with E-state index in [-0.39, 0.29) is 11.8 Å². The average Bonchev–Trinajstić information content (AvgIpc) is 3.16. The summed E-state index contributed by atoms with van der Waals surface area (Å²) < 4.78 is 0. The Balaban J connectivity index is 1.41. The molecule has 2 amide bonds. The van der Waals surface area contributed by atoms with Gasteiger partial charge >= 0.3 is 0 Å². The number of hydrogen-bond acceptors (Lipinski definition) is 2. The molecule has 0 spiro atoms. The molecule has 160 valence electrons. The zero-order valence-corrected chi connectivity index (χ0v) is 18.0. The Hall–Kier alpha value is -3.08. The molecule has 0 saturated carbocycles. The van der Waals surface area contributed by atoms with Gasteiger partial charge in [-0.25, -0.2) is 0 Å². The SMILES string of the molecule is CC1CCc2[nH]c3ccc(C(=O)Nc4ccccc4C(=O)N4CCCCC4)cc3c2C1. The predicted molar refractivity (Wildman–Crippen MR) is 124 cm³/mol. The Morgan fingerprint density at radius 1 is 1.06 bits per heavy atom. The molecule has 0 radical (unpaired) electrons. The first-order valence-corrected chi connectivity index (χ1v) is 11.4. The summed E-state index contributed by atoms with van der Waals surface area (Å²) in [7, 11) is 0. The van der Waals surface area contributed by atoms with Gasteiger partial charge in [-0.1, -0.05) is 19.1 Å². The van der Waals surface area contributed by atoms with Gasteiger partial charge in [0.1, 0.15) is 0 Å². The highest BCUT2D eigenvalue weighted by Crippen LogP contribution is 2.32. The second-order valence-electron chi connectivity index (χ2n) is 9.04. The summed E-state index contributed by atoms with van der Waals surface area (Å²) in [4.78, 5) is 31.6. The molecular formula is C26H29N3O2. The van der Waals surface area contributed by atoms with Crippen LogP contribution in [-0.4, -0.2) is 34.8 Å². The zero-order valence-electron chi connectivity index (χ0n) is 18.0. The van der Waals surface area contributed by atoms with Gasteiger partial charge in [-0.15, -0.1) is 0 Å². The number of H-pyrrole nitrogens is 1. The number of carbonyl (C=O) groups excluding carboxylic acids is 2. The summed E-state index contributed by atoms with van der Waals surface area (Å²) >= 11 is 0. The van der Waals surface area contributed by atoms with Crippen molar-refractivity contribution < 1.29 is 9.59 Å². The van der Waals surface area contributed by atoms with Crippen molar-refractivity contribution in [2.45, 2.75) is 45.4 Å². The number of aromatic amines is 1. The topological polar surface area (TPSA) is 65.2 Å². The first kappa shape index (κ1) is 19.9. The Morgan fingerprint density at radius 3 is 2.71 bits per heavy atom. The number of piperidine rings is 1. The zero-order chi connectivity index (χ0) is 21.4. The molecule has 1 saturated heterocycles. The molecule has 1 atom stereocenters. The minimum atomic E-state index is -0.181. The lowest BCUT2D eigenvalue weighted by molar-refractivity contribution is 0.0725. The number of benzene rings is 2. The standard InChI is InChI=1S/C26H29N3O2/c1-17-9-11-23-20(15-17)21-16-18(10-12-24(21)27-23)25(30)28-22-8-4-3-7-19(22)26(31)29-13-5-2-6-14-29/h3-4,7-8,10,12,16-17,27H,2,5-6,9,11,13-15H2,1H3,(H,28,30). The van der Waals surface area contributed by atoms with E-state index in [0.717, 1.165) is 49.7 Å². The van der Waals surface area contributed by atoms with Crippen LogP contribution in [0.1, 0.15) is 64.6 Å². The molecule has 1 aliphatic carbocycles. The predicted octanol–water partition coefficient (Wildman–Crippen LogP) is 5.17. The molecule has 5 nitrogen and oxygen atoms in total. The van der Waals surface area contributed by atoms with Gasteiger partial charge in [0.05, 0.1) is 11.3 Å². The highest BCUT2D eigenvalue weighted by atomic mass is 16.2. The minimum absolute atomic E-state index is 0.000237. The second kappa shape index (κ2) is 8.22. The summed E-state index contributed by atoms with van der Waals surface area (Å²) in [5.74, 6) is 0.482. The fourth-order valence-corrected chi connectivity index (χ4v) is 4.97. The molecule has 1 aromatic heterocycles. The average molecular weight is 416 g/mol. The molecule has 31 heavy (non-hydrogen) atoms. The van der Waals surface area contributed by atoms with Crippen LogP contribution in [0.15, 0.2) is 42.5 Å². The second-order valence-corrected chi connectivity index (χ2v) is 9.04. The number of carbonyl (C=O) groups is 2. The molecule has 2 heterocycles. The van der Waals surface area contributed by atoms with Crippen LogP contribution in [0.4, 0.5) is 5.69 Å². The number of hydrogen-bond donors (Lipinski definition) is 2. The van der Waals surface area contributed by atoms with Crippen molar-refractivity contribution in [3.8, 4) is 0 Å². The number of aromatic nitrogens is 1. The Morgan fingerprint density at radius 2 is 1.87 bits per heavy atom. The number of aryl methyl sites for hydroxylation is 1. The number of nitrogens with one attached hydrogen (secondary N) is 2. The monoisotopic (exact) mass is 415 g/mol. The van der Waals surface area contributed by atoms with Crippen molar-refractivity contribution in [2.75, 3.05) is 18.4 Å². The fourth-order valence-electron chi connectivity index (χ4n) is 4.97. The smallest absolute Gasteiger partial charge is 0.255 e. The van der Waals surface area contributed by atoms with Crippen LogP contribution in [-0.2, 0) is 12.8 Å². The quantitative estimate of drug-likeness (QED) is 0.620. The van der Waals surface area contributed by atoms with Crippen molar-refractivity contribution in [3.05, 3.63) is 64.8 Å². The van der Waals surface area contributed by atoms with Gasteiger partial charge in [-0.05, 0) is 80.3 Å². The van der Waals surface area contributed by atoms with Crippen molar-refractivity contribution in [3.63, 3.8) is 0 Å². The summed E-state index contributed by atoms with van der Waals surface area (Å²) in [5.41, 5.74) is 5.51. The number of anilines is 1. The maximum Gasteiger partial charge on any atom is 0.255 e. The van der Waals surface area contributed by atoms with E-state index in [1.54, 1.807) is 6.07 Å². The van der Waals surface area contributed by atoms with E-state index in [1.807, 2.05) is 41.3 Å². The number of rotatable bonds is 3. The van der Waals surface area contributed by atoms with Gasteiger partial charge in [0.15, 0.2) is 0 Å². The van der Waals surface area contributed by atoms with Crippen LogP contribution in [0.25, 0.3) is 10.9 Å². The maximum absolute atomic E-state index is 13.1. The summed E-state index contributed by atoms with van der Waals surface area (Å²) in [6, 6.07) is 13.2. The van der Waals surface area contributed by atoms with Gasteiger partial charge in [-0.2, -0.15) is 0 Å². The van der Waals surface area contributed by atoms with Crippen LogP contribution in [0.2, 0.25) is 0 Å². The van der Waals surface area contributed by atoms with E-state index in [9.17, 15) is 9.59 Å². The van der Waals surface area contributed by atoms with Crippen LogP contribution in [0.5, 0.6) is 0 Å². The molecule has 2 aliphatic rings. The fraction of sp³-hybridized carbons (Fsp3) is 0.385. The number of para-hydroxylation sites is 1. The van der Waals surface area contributed by atoms with Gasteiger partial charge < -0.3 is 15.2 Å². The Bertz CT molecular complexity index is 1140. The van der Waals surface area contributed by atoms with Crippen molar-refractivity contribution >= 4 is 28.4 Å².